The molecule has 0 bridgehead atoms. The monoisotopic (exact) mass is 605 g/mol. The smallest absolute Gasteiger partial charge is 0.324 e. The molecule has 0 saturated heterocycles. The summed E-state index contributed by atoms with van der Waals surface area (Å²) < 4.78 is 13.4. The van der Waals surface area contributed by atoms with E-state index >= 15 is 0 Å². The number of allylic oxidation sites excluding steroid dienone is 1. The minimum Gasteiger partial charge on any atom is -0.496 e. The lowest BCUT2D eigenvalue weighted by Crippen LogP contribution is -2.30. The van der Waals surface area contributed by atoms with Crippen LogP contribution >= 0.6 is 0 Å². The number of anilines is 2. The Morgan fingerprint density at radius 1 is 1.02 bits per heavy atom. The molecule has 1 unspecified atom stereocenters. The number of carbonyl (C=O) groups excluding carboxylic acids is 2. The molecule has 2 aliphatic rings. The Morgan fingerprint density at radius 2 is 1.82 bits per heavy atom. The van der Waals surface area contributed by atoms with Crippen LogP contribution in [0.15, 0.2) is 87.5 Å². The normalized spacial score (nSPS) is 15.8. The van der Waals surface area contributed by atoms with E-state index < -0.39 is 18.0 Å². The summed E-state index contributed by atoms with van der Waals surface area (Å²) in [5.74, 6) is 1.79. The van der Waals surface area contributed by atoms with Crippen molar-refractivity contribution in [3.63, 3.8) is 0 Å². The van der Waals surface area contributed by atoms with Crippen molar-refractivity contribution in [2.45, 2.75) is 38.8 Å². The summed E-state index contributed by atoms with van der Waals surface area (Å²) in [6.45, 7) is 5.95. The fraction of sp³-hybridized carbons (Fsp3) is 0.212. The Morgan fingerprint density at radius 3 is 2.58 bits per heavy atom. The second-order valence-electron chi connectivity index (χ2n) is 11.4. The first-order chi connectivity index (χ1) is 21.6. The van der Waals surface area contributed by atoms with E-state index in [-0.39, 0.29) is 17.9 Å². The lowest BCUT2D eigenvalue weighted by atomic mass is 9.92. The third-order valence-corrected chi connectivity index (χ3v) is 7.28. The number of aliphatic imine (C=N–C) groups is 3. The van der Waals surface area contributed by atoms with Crippen LogP contribution in [0.3, 0.4) is 0 Å². The second kappa shape index (κ2) is 11.8. The van der Waals surface area contributed by atoms with Crippen LogP contribution in [0.2, 0.25) is 0 Å². The summed E-state index contributed by atoms with van der Waals surface area (Å²) in [6, 6.07) is 17.1. The van der Waals surface area contributed by atoms with Gasteiger partial charge in [0, 0.05) is 40.1 Å². The van der Waals surface area contributed by atoms with Gasteiger partial charge in [-0.2, -0.15) is 10.1 Å². The number of methoxy groups -OCH3 is 1. The molecule has 2 aliphatic heterocycles. The Labute approximate surface area is 258 Å². The lowest BCUT2D eigenvalue weighted by molar-refractivity contribution is -0.111. The number of aliphatic hydroxyl groups is 1. The first-order valence-corrected chi connectivity index (χ1v) is 14.2. The standard InChI is InChI=1S/C33H31N7O5/c1-33(2,3)27-16-28(40(39-27)20-10-9-19(18-41)26(15-20)44-4)37-32(43)36-23-11-12-24(22-8-6-5-7-21(22)23)45-25-13-14-34-31-30(25)35-17-29(42)38-31/h5-17,30,41H,18H2,1-4H3,(H2,36,37,43). The van der Waals surface area contributed by atoms with Gasteiger partial charge in [0.1, 0.15) is 23.1 Å². The molecule has 0 aliphatic carbocycles. The van der Waals surface area contributed by atoms with Crippen LogP contribution < -0.4 is 20.1 Å². The van der Waals surface area contributed by atoms with Gasteiger partial charge in [-0.15, -0.1) is 0 Å². The number of amidine groups is 1. The number of rotatable bonds is 7. The van der Waals surface area contributed by atoms with Crippen molar-refractivity contribution in [2.75, 3.05) is 17.7 Å². The van der Waals surface area contributed by atoms with Crippen molar-refractivity contribution >= 4 is 52.5 Å². The van der Waals surface area contributed by atoms with E-state index in [2.05, 4.69) is 25.6 Å². The topological polar surface area (TPSA) is 152 Å². The summed E-state index contributed by atoms with van der Waals surface area (Å²) in [5, 5.41) is 21.9. The van der Waals surface area contributed by atoms with Gasteiger partial charge in [-0.05, 0) is 24.3 Å². The van der Waals surface area contributed by atoms with Crippen molar-refractivity contribution in [1.82, 2.24) is 9.78 Å². The number of benzene rings is 3. The Bertz CT molecular complexity index is 1950. The van der Waals surface area contributed by atoms with Gasteiger partial charge < -0.3 is 19.9 Å². The fourth-order valence-corrected chi connectivity index (χ4v) is 4.97. The van der Waals surface area contributed by atoms with Crippen molar-refractivity contribution in [3.8, 4) is 17.2 Å². The van der Waals surface area contributed by atoms with E-state index in [4.69, 9.17) is 14.6 Å². The maximum atomic E-state index is 13.4. The van der Waals surface area contributed by atoms with Gasteiger partial charge >= 0.3 is 6.03 Å². The highest BCUT2D eigenvalue weighted by atomic mass is 16.5. The van der Waals surface area contributed by atoms with Crippen LogP contribution in [0.4, 0.5) is 16.3 Å². The highest BCUT2D eigenvalue weighted by Crippen LogP contribution is 2.34. The first-order valence-electron chi connectivity index (χ1n) is 14.2. The number of dihydropyridines is 1. The van der Waals surface area contributed by atoms with Gasteiger partial charge in [0.2, 0.25) is 0 Å². The predicted octanol–water partition coefficient (Wildman–Crippen LogP) is 5.19. The molecule has 0 fully saturated rings. The molecule has 3 amide bonds. The van der Waals surface area contributed by atoms with Gasteiger partial charge in [-0.1, -0.05) is 51.1 Å². The van der Waals surface area contributed by atoms with E-state index in [1.54, 1.807) is 35.0 Å². The summed E-state index contributed by atoms with van der Waals surface area (Å²) >= 11 is 0. The van der Waals surface area contributed by atoms with Gasteiger partial charge in [0.25, 0.3) is 5.91 Å². The average molecular weight is 606 g/mol. The molecule has 3 aromatic carbocycles. The Balaban J connectivity index is 1.28. The minimum atomic E-state index is -0.613. The first kappa shape index (κ1) is 29.5. The highest BCUT2D eigenvalue weighted by molar-refractivity contribution is 6.32. The molecule has 0 spiro atoms. The summed E-state index contributed by atoms with van der Waals surface area (Å²) in [4.78, 5) is 37.4. The predicted molar refractivity (Wildman–Crippen MR) is 173 cm³/mol. The van der Waals surface area contributed by atoms with Crippen LogP contribution in [-0.2, 0) is 16.8 Å². The number of aliphatic hydroxyl groups excluding tert-OH is 1. The zero-order valence-corrected chi connectivity index (χ0v) is 25.1. The van der Waals surface area contributed by atoms with Gasteiger partial charge in [0.15, 0.2) is 11.9 Å². The Hall–Kier alpha value is -5.62. The molecule has 1 atom stereocenters. The SMILES string of the molecule is COc1cc(-n2nc(C(C)(C)C)cc2NC(=O)Nc2ccc(OC3=CC=NC4=NC(=O)C=NC34)c3ccccc23)ccc1CO. The highest BCUT2D eigenvalue weighted by Gasteiger charge is 2.28. The molecule has 6 rings (SSSR count). The number of ether oxygens (including phenoxy) is 2. The second-order valence-corrected chi connectivity index (χ2v) is 11.4. The molecular weight excluding hydrogens is 574 g/mol. The maximum absolute atomic E-state index is 13.4. The van der Waals surface area contributed by atoms with Gasteiger partial charge in [-0.3, -0.25) is 15.1 Å². The number of hydrogen-bond donors (Lipinski definition) is 3. The van der Waals surface area contributed by atoms with E-state index in [0.717, 1.165) is 22.7 Å². The number of amides is 3. The van der Waals surface area contributed by atoms with E-state index in [1.807, 2.05) is 57.2 Å². The van der Waals surface area contributed by atoms with Crippen molar-refractivity contribution in [2.24, 2.45) is 15.0 Å². The third-order valence-electron chi connectivity index (χ3n) is 7.28. The number of hydrogen-bond acceptors (Lipinski definition) is 8. The summed E-state index contributed by atoms with van der Waals surface area (Å²) in [6.07, 6.45) is 4.37. The molecule has 12 nitrogen and oxygen atoms in total. The van der Waals surface area contributed by atoms with Gasteiger partial charge in [-0.25, -0.2) is 14.5 Å². The fourth-order valence-electron chi connectivity index (χ4n) is 4.97. The number of urea groups is 1. The average Bonchev–Trinajstić information content (AvgIpc) is 3.46. The molecule has 4 aromatic rings. The molecular formula is C33H31N7O5. The molecule has 12 heteroatoms. The van der Waals surface area contributed by atoms with E-state index in [9.17, 15) is 14.7 Å². The van der Waals surface area contributed by atoms with Crippen LogP contribution in [0, 0.1) is 0 Å². The number of fused-ring (bicyclic) bond motifs is 2. The molecule has 3 N–H and O–H groups in total. The van der Waals surface area contributed by atoms with E-state index in [0.29, 0.717) is 40.0 Å². The maximum Gasteiger partial charge on any atom is 0.324 e. The number of aromatic nitrogens is 2. The molecule has 228 valence electrons. The quantitative estimate of drug-likeness (QED) is 0.264. The van der Waals surface area contributed by atoms with Crippen LogP contribution in [0.25, 0.3) is 16.5 Å². The number of carbonyl (C=O) groups is 2. The molecule has 0 radical (unpaired) electrons. The zero-order chi connectivity index (χ0) is 31.7. The lowest BCUT2D eigenvalue weighted by Gasteiger charge is -2.21. The Kier molecular flexibility index (Phi) is 7.73. The summed E-state index contributed by atoms with van der Waals surface area (Å²) in [7, 11) is 1.53. The molecule has 0 saturated carbocycles. The van der Waals surface area contributed by atoms with Crippen LogP contribution in [-0.4, -0.2) is 58.2 Å². The zero-order valence-electron chi connectivity index (χ0n) is 25.1. The summed E-state index contributed by atoms with van der Waals surface area (Å²) in [5.41, 5.74) is 2.35. The third kappa shape index (κ3) is 5.95. The van der Waals surface area contributed by atoms with Gasteiger partial charge in [0.05, 0.1) is 37.0 Å². The van der Waals surface area contributed by atoms with Crippen LogP contribution in [0.5, 0.6) is 11.5 Å². The van der Waals surface area contributed by atoms with Crippen molar-refractivity contribution < 1.29 is 24.2 Å². The molecule has 1 aromatic heterocycles. The molecule has 3 heterocycles. The minimum absolute atomic E-state index is 0.169. The van der Waals surface area contributed by atoms with Crippen molar-refractivity contribution in [1.29, 1.82) is 0 Å². The largest absolute Gasteiger partial charge is 0.496 e. The van der Waals surface area contributed by atoms with Crippen LogP contribution in [0.1, 0.15) is 32.0 Å². The van der Waals surface area contributed by atoms with Crippen molar-refractivity contribution in [3.05, 3.63) is 83.8 Å². The van der Waals surface area contributed by atoms with E-state index in [1.165, 1.54) is 13.3 Å². The number of nitrogens with zero attached hydrogens (tertiary/aromatic N) is 5. The number of nitrogens with one attached hydrogen (secondary N) is 2. The molecule has 45 heavy (non-hydrogen) atoms.